The van der Waals surface area contributed by atoms with Crippen molar-refractivity contribution in [3.63, 3.8) is 0 Å². The molecule has 8 heteroatoms. The number of ether oxygens (including phenoxy) is 1. The molecule has 0 bridgehead atoms. The highest BCUT2D eigenvalue weighted by atomic mass is 35.5. The van der Waals surface area contributed by atoms with E-state index < -0.39 is 11.9 Å². The number of carboxylic acid groups (broad SMARTS) is 1. The lowest BCUT2D eigenvalue weighted by Crippen LogP contribution is -2.25. The zero-order chi connectivity index (χ0) is 20.7. The summed E-state index contributed by atoms with van der Waals surface area (Å²) in [5, 5.41) is 22.8. The van der Waals surface area contributed by atoms with Gasteiger partial charge in [-0.1, -0.05) is 17.7 Å². The summed E-state index contributed by atoms with van der Waals surface area (Å²) in [7, 11) is 1.44. The number of nitrogens with zero attached hydrogens (tertiary/aromatic N) is 1. The molecule has 0 unspecified atom stereocenters. The van der Waals surface area contributed by atoms with E-state index >= 15 is 0 Å². The van der Waals surface area contributed by atoms with E-state index in [2.05, 4.69) is 5.32 Å². The lowest BCUT2D eigenvalue weighted by Gasteiger charge is -2.26. The summed E-state index contributed by atoms with van der Waals surface area (Å²) in [6.45, 7) is 0. The summed E-state index contributed by atoms with van der Waals surface area (Å²) in [5.41, 5.74) is 2.34. The highest BCUT2D eigenvalue weighted by Crippen LogP contribution is 2.43. The van der Waals surface area contributed by atoms with E-state index in [1.54, 1.807) is 41.0 Å². The Morgan fingerprint density at radius 3 is 2.62 bits per heavy atom. The van der Waals surface area contributed by atoms with Crippen molar-refractivity contribution in [2.24, 2.45) is 0 Å². The molecule has 3 N–H and O–H groups in total. The molecule has 0 saturated carbocycles. The van der Waals surface area contributed by atoms with Gasteiger partial charge in [0.1, 0.15) is 5.56 Å². The zero-order valence-electron chi connectivity index (χ0n) is 15.3. The van der Waals surface area contributed by atoms with Crippen LogP contribution in [0.2, 0.25) is 5.02 Å². The van der Waals surface area contributed by atoms with Crippen LogP contribution < -0.4 is 10.1 Å². The minimum absolute atomic E-state index is 0.00116. The molecule has 0 aliphatic carbocycles. The summed E-state index contributed by atoms with van der Waals surface area (Å²) < 4.78 is 6.95. The summed E-state index contributed by atoms with van der Waals surface area (Å²) in [6.07, 6.45) is 1.62. The fourth-order valence-corrected chi connectivity index (χ4v) is 3.76. The first kappa shape index (κ1) is 18.9. The molecule has 0 saturated heterocycles. The van der Waals surface area contributed by atoms with Crippen LogP contribution in [0.5, 0.6) is 11.5 Å². The summed E-state index contributed by atoms with van der Waals surface area (Å²) in [6, 6.07) is 11.8. The minimum atomic E-state index is -1.14. The first-order valence-electron chi connectivity index (χ1n) is 8.80. The van der Waals surface area contributed by atoms with E-state index in [9.17, 15) is 19.8 Å². The number of fused-ring (bicyclic) bond motifs is 1. The molecule has 0 spiro atoms. The van der Waals surface area contributed by atoms with E-state index in [1.165, 1.54) is 19.4 Å². The minimum Gasteiger partial charge on any atom is -0.504 e. The summed E-state index contributed by atoms with van der Waals surface area (Å²) in [5.74, 6) is -1.60. The van der Waals surface area contributed by atoms with E-state index in [1.807, 2.05) is 0 Å². The predicted molar refractivity (Wildman–Crippen MR) is 107 cm³/mol. The number of hydrogen-bond acceptors (Lipinski definition) is 4. The van der Waals surface area contributed by atoms with Crippen LogP contribution in [-0.2, 0) is 4.79 Å². The molecular formula is C21H17ClN2O5. The van der Waals surface area contributed by atoms with Crippen molar-refractivity contribution in [2.45, 2.75) is 12.3 Å². The van der Waals surface area contributed by atoms with Crippen molar-refractivity contribution in [1.29, 1.82) is 0 Å². The average Bonchev–Trinajstić information content (AvgIpc) is 3.08. The third kappa shape index (κ3) is 3.30. The Morgan fingerprint density at radius 2 is 1.97 bits per heavy atom. The van der Waals surface area contributed by atoms with Crippen LogP contribution in [0.3, 0.4) is 0 Å². The van der Waals surface area contributed by atoms with Crippen LogP contribution in [0.15, 0.2) is 48.7 Å². The number of aromatic hydroxyl groups is 1. The molecule has 29 heavy (non-hydrogen) atoms. The number of hydrogen-bond donors (Lipinski definition) is 3. The van der Waals surface area contributed by atoms with Gasteiger partial charge in [0.05, 0.1) is 18.5 Å². The lowest BCUT2D eigenvalue weighted by molar-refractivity contribution is -0.116. The van der Waals surface area contributed by atoms with Gasteiger partial charge in [-0.2, -0.15) is 0 Å². The van der Waals surface area contributed by atoms with Gasteiger partial charge < -0.3 is 24.8 Å². The van der Waals surface area contributed by atoms with Crippen LogP contribution in [0.25, 0.3) is 5.69 Å². The van der Waals surface area contributed by atoms with E-state index in [-0.39, 0.29) is 35.1 Å². The maximum Gasteiger partial charge on any atom is 0.339 e. The van der Waals surface area contributed by atoms with Crippen LogP contribution in [0.1, 0.15) is 34.0 Å². The van der Waals surface area contributed by atoms with Crippen LogP contribution in [-0.4, -0.2) is 33.8 Å². The predicted octanol–water partition coefficient (Wildman–Crippen LogP) is 4.02. The highest BCUT2D eigenvalue weighted by molar-refractivity contribution is 6.30. The second-order valence-corrected chi connectivity index (χ2v) is 7.13. The summed E-state index contributed by atoms with van der Waals surface area (Å²) >= 11 is 5.99. The molecular weight excluding hydrogens is 396 g/mol. The molecule has 4 rings (SSSR count). The Morgan fingerprint density at radius 1 is 1.24 bits per heavy atom. The number of carboxylic acids is 1. The molecule has 0 radical (unpaired) electrons. The number of aromatic nitrogens is 1. The van der Waals surface area contributed by atoms with Gasteiger partial charge in [0, 0.05) is 29.2 Å². The monoisotopic (exact) mass is 412 g/mol. The van der Waals surface area contributed by atoms with Crippen LogP contribution >= 0.6 is 11.6 Å². The first-order valence-corrected chi connectivity index (χ1v) is 9.18. The number of amides is 1. The number of phenolic OH excluding ortho intramolecular Hbond substituents is 1. The van der Waals surface area contributed by atoms with Crippen molar-refractivity contribution >= 4 is 29.2 Å². The number of carbonyl (C=O) groups is 2. The number of rotatable bonds is 4. The van der Waals surface area contributed by atoms with Gasteiger partial charge in [0.25, 0.3) is 0 Å². The Kier molecular flexibility index (Phi) is 4.68. The summed E-state index contributed by atoms with van der Waals surface area (Å²) in [4.78, 5) is 24.2. The normalized spacial score (nSPS) is 15.5. The van der Waals surface area contributed by atoms with Gasteiger partial charge in [0.2, 0.25) is 5.91 Å². The fourth-order valence-electron chi connectivity index (χ4n) is 3.63. The number of aromatic carboxylic acids is 1. The topological polar surface area (TPSA) is 101 Å². The molecule has 1 atom stereocenters. The quantitative estimate of drug-likeness (QED) is 0.601. The van der Waals surface area contributed by atoms with Gasteiger partial charge in [-0.15, -0.1) is 0 Å². The number of phenols is 1. The maximum atomic E-state index is 12.4. The number of nitrogens with one attached hydrogen (secondary N) is 1. The van der Waals surface area contributed by atoms with E-state index in [0.29, 0.717) is 16.4 Å². The number of methoxy groups -OCH3 is 1. The van der Waals surface area contributed by atoms with Crippen molar-refractivity contribution in [3.05, 3.63) is 70.5 Å². The number of halogens is 1. The highest BCUT2D eigenvalue weighted by Gasteiger charge is 2.34. The van der Waals surface area contributed by atoms with E-state index in [0.717, 1.165) is 5.56 Å². The van der Waals surface area contributed by atoms with Gasteiger partial charge in [-0.05, 0) is 42.0 Å². The standard InChI is InChI=1S/C21H17ClN2O5/c1-29-17-8-11(2-7-16(17)25)14-9-18(26)23-19-15(21(27)28)10-24(20(14)19)13-5-3-12(22)4-6-13/h2-8,10,14,25H,9H2,1H3,(H,23,26)(H,27,28)/t14-/m0/s1. The van der Waals surface area contributed by atoms with Crippen molar-refractivity contribution in [1.82, 2.24) is 4.57 Å². The fraction of sp³-hybridized carbons (Fsp3) is 0.143. The second-order valence-electron chi connectivity index (χ2n) is 6.69. The average molecular weight is 413 g/mol. The molecule has 1 amide bonds. The number of anilines is 1. The second kappa shape index (κ2) is 7.18. The third-order valence-electron chi connectivity index (χ3n) is 4.97. The van der Waals surface area contributed by atoms with Crippen molar-refractivity contribution in [2.75, 3.05) is 12.4 Å². The molecule has 1 aliphatic heterocycles. The molecule has 2 heterocycles. The molecule has 148 valence electrons. The molecule has 0 fully saturated rings. The van der Waals surface area contributed by atoms with Crippen LogP contribution in [0.4, 0.5) is 5.69 Å². The largest absolute Gasteiger partial charge is 0.504 e. The number of carbonyl (C=O) groups excluding carboxylic acids is 1. The molecule has 1 aromatic heterocycles. The first-order chi connectivity index (χ1) is 13.9. The van der Waals surface area contributed by atoms with Gasteiger partial charge >= 0.3 is 5.97 Å². The number of benzene rings is 2. The Labute approximate surface area is 171 Å². The van der Waals surface area contributed by atoms with Crippen molar-refractivity contribution < 1.29 is 24.5 Å². The lowest BCUT2D eigenvalue weighted by atomic mass is 9.88. The van der Waals surface area contributed by atoms with Crippen molar-refractivity contribution in [3.8, 4) is 17.2 Å². The van der Waals surface area contributed by atoms with Gasteiger partial charge in [0.15, 0.2) is 11.5 Å². The molecule has 2 aromatic carbocycles. The Balaban J connectivity index is 1.95. The van der Waals surface area contributed by atoms with E-state index in [4.69, 9.17) is 16.3 Å². The van der Waals surface area contributed by atoms with Gasteiger partial charge in [-0.25, -0.2) is 4.79 Å². The third-order valence-corrected chi connectivity index (χ3v) is 5.22. The smallest absolute Gasteiger partial charge is 0.339 e. The molecule has 1 aliphatic rings. The Bertz CT molecular complexity index is 1120. The molecule has 3 aromatic rings. The molecule has 7 nitrogen and oxygen atoms in total. The van der Waals surface area contributed by atoms with Crippen LogP contribution in [0, 0.1) is 0 Å². The maximum absolute atomic E-state index is 12.4. The Hall–Kier alpha value is -3.45. The van der Waals surface area contributed by atoms with Gasteiger partial charge in [-0.3, -0.25) is 4.79 Å². The zero-order valence-corrected chi connectivity index (χ0v) is 16.1. The SMILES string of the molecule is COc1cc([C@@H]2CC(=O)Nc3c(C(=O)O)cn(-c4ccc(Cl)cc4)c32)ccc1O.